The number of piperazine rings is 1. The molecule has 0 saturated carbocycles. The van der Waals surface area contributed by atoms with Crippen molar-refractivity contribution in [2.24, 2.45) is 0 Å². The van der Waals surface area contributed by atoms with E-state index in [1.165, 1.54) is 12.1 Å². The predicted molar refractivity (Wildman–Crippen MR) is 113 cm³/mol. The van der Waals surface area contributed by atoms with Gasteiger partial charge in [0, 0.05) is 57.6 Å². The molecule has 150 valence electrons. The molecule has 3 aromatic rings. The minimum Gasteiger partial charge on any atom is -0.378 e. The highest BCUT2D eigenvalue weighted by molar-refractivity contribution is 5.64. The lowest BCUT2D eigenvalue weighted by Gasteiger charge is -2.36. The van der Waals surface area contributed by atoms with Crippen LogP contribution >= 0.6 is 0 Å². The van der Waals surface area contributed by atoms with Gasteiger partial charge in [0.05, 0.1) is 23.8 Å². The molecular formula is C22H23F2N5. The number of hydrogen-bond donors (Lipinski definition) is 0. The third-order valence-electron chi connectivity index (χ3n) is 5.16. The summed E-state index contributed by atoms with van der Waals surface area (Å²) in [5.41, 5.74) is 3.39. The summed E-state index contributed by atoms with van der Waals surface area (Å²) < 4.78 is 27.2. The fourth-order valence-electron chi connectivity index (χ4n) is 3.49. The fourth-order valence-corrected chi connectivity index (χ4v) is 3.49. The maximum Gasteiger partial charge on any atom is 0.149 e. The van der Waals surface area contributed by atoms with Crippen LogP contribution in [0.3, 0.4) is 0 Å². The summed E-state index contributed by atoms with van der Waals surface area (Å²) in [6.07, 6.45) is 3.52. The number of rotatable bonds is 4. The molecule has 5 nitrogen and oxygen atoms in total. The Hall–Kier alpha value is -3.22. The van der Waals surface area contributed by atoms with E-state index in [-0.39, 0.29) is 0 Å². The standard InChI is InChI=1S/C22H23F2N5/c1-27(2)18-6-3-16(4-7-18)20-14-25-15-22(26-20)29-11-9-28(10-12-29)21-8-5-17(23)13-19(21)24/h3-8,13-15H,9-12H2,1-2H3. The first-order valence-electron chi connectivity index (χ1n) is 9.56. The lowest BCUT2D eigenvalue weighted by atomic mass is 10.1. The summed E-state index contributed by atoms with van der Waals surface area (Å²) in [4.78, 5) is 15.3. The van der Waals surface area contributed by atoms with Crippen molar-refractivity contribution < 1.29 is 8.78 Å². The van der Waals surface area contributed by atoms with Gasteiger partial charge in [0.15, 0.2) is 0 Å². The summed E-state index contributed by atoms with van der Waals surface area (Å²) in [5.74, 6) is -0.282. The largest absolute Gasteiger partial charge is 0.378 e. The van der Waals surface area contributed by atoms with Crippen molar-refractivity contribution in [2.45, 2.75) is 0 Å². The first-order valence-corrected chi connectivity index (χ1v) is 9.56. The highest BCUT2D eigenvalue weighted by atomic mass is 19.1. The molecule has 0 aliphatic carbocycles. The molecule has 0 radical (unpaired) electrons. The van der Waals surface area contributed by atoms with E-state index in [2.05, 4.69) is 26.9 Å². The van der Waals surface area contributed by atoms with Gasteiger partial charge in [-0.25, -0.2) is 13.8 Å². The van der Waals surface area contributed by atoms with Gasteiger partial charge in [-0.05, 0) is 24.3 Å². The first-order chi connectivity index (χ1) is 14.0. The van der Waals surface area contributed by atoms with Crippen LogP contribution in [0.2, 0.25) is 0 Å². The van der Waals surface area contributed by atoms with Crippen molar-refractivity contribution in [3.63, 3.8) is 0 Å². The molecule has 2 heterocycles. The molecule has 2 aromatic carbocycles. The van der Waals surface area contributed by atoms with Gasteiger partial charge in [-0.3, -0.25) is 4.98 Å². The number of hydrogen-bond acceptors (Lipinski definition) is 5. The third-order valence-corrected chi connectivity index (χ3v) is 5.16. The van der Waals surface area contributed by atoms with Crippen LogP contribution in [0.25, 0.3) is 11.3 Å². The van der Waals surface area contributed by atoms with Gasteiger partial charge in [0.1, 0.15) is 17.5 Å². The number of anilines is 3. The average molecular weight is 395 g/mol. The Labute approximate surface area is 169 Å². The van der Waals surface area contributed by atoms with Gasteiger partial charge < -0.3 is 14.7 Å². The zero-order chi connectivity index (χ0) is 20.4. The molecule has 7 heteroatoms. The molecule has 1 saturated heterocycles. The van der Waals surface area contributed by atoms with E-state index in [1.54, 1.807) is 12.4 Å². The number of benzene rings is 2. The molecule has 1 aliphatic heterocycles. The summed E-state index contributed by atoms with van der Waals surface area (Å²) in [7, 11) is 4.01. The second-order valence-electron chi connectivity index (χ2n) is 7.27. The molecule has 1 aliphatic rings. The molecule has 0 spiro atoms. The minimum atomic E-state index is -0.560. The first kappa shape index (κ1) is 19.1. The van der Waals surface area contributed by atoms with Crippen LogP contribution in [0.15, 0.2) is 54.9 Å². The Balaban J connectivity index is 1.47. The van der Waals surface area contributed by atoms with Gasteiger partial charge in [-0.2, -0.15) is 0 Å². The second kappa shape index (κ2) is 8.03. The quantitative estimate of drug-likeness (QED) is 0.671. The second-order valence-corrected chi connectivity index (χ2v) is 7.27. The maximum absolute atomic E-state index is 14.1. The average Bonchev–Trinajstić information content (AvgIpc) is 2.74. The molecule has 29 heavy (non-hydrogen) atoms. The fraction of sp³-hybridized carbons (Fsp3) is 0.273. The molecule has 1 aromatic heterocycles. The molecule has 1 fully saturated rings. The van der Waals surface area contributed by atoms with Gasteiger partial charge in [-0.15, -0.1) is 0 Å². The third kappa shape index (κ3) is 4.13. The van der Waals surface area contributed by atoms with E-state index < -0.39 is 11.6 Å². The number of nitrogens with zero attached hydrogens (tertiary/aromatic N) is 5. The summed E-state index contributed by atoms with van der Waals surface area (Å²) >= 11 is 0. The van der Waals surface area contributed by atoms with Crippen LogP contribution < -0.4 is 14.7 Å². The van der Waals surface area contributed by atoms with Crippen LogP contribution in [0, 0.1) is 11.6 Å². The van der Waals surface area contributed by atoms with E-state index in [4.69, 9.17) is 4.98 Å². The van der Waals surface area contributed by atoms with Gasteiger partial charge in [-0.1, -0.05) is 12.1 Å². The summed E-state index contributed by atoms with van der Waals surface area (Å²) in [6, 6.07) is 11.9. The van der Waals surface area contributed by atoms with Crippen molar-refractivity contribution in [2.75, 3.05) is 55.0 Å². The predicted octanol–water partition coefficient (Wildman–Crippen LogP) is 3.81. The summed E-state index contributed by atoms with van der Waals surface area (Å²) in [6.45, 7) is 2.64. The van der Waals surface area contributed by atoms with E-state index >= 15 is 0 Å². The van der Waals surface area contributed by atoms with Crippen molar-refractivity contribution in [1.82, 2.24) is 9.97 Å². The molecule has 4 rings (SSSR count). The van der Waals surface area contributed by atoms with Crippen LogP contribution in [-0.4, -0.2) is 50.2 Å². The Bertz CT molecular complexity index is 983. The van der Waals surface area contributed by atoms with Crippen molar-refractivity contribution in [3.05, 3.63) is 66.5 Å². The molecule has 0 amide bonds. The number of halogens is 2. The van der Waals surface area contributed by atoms with Crippen molar-refractivity contribution in [1.29, 1.82) is 0 Å². The monoisotopic (exact) mass is 395 g/mol. The Kier molecular flexibility index (Phi) is 5.29. The Morgan fingerprint density at radius 3 is 2.21 bits per heavy atom. The lowest BCUT2D eigenvalue weighted by Crippen LogP contribution is -2.47. The topological polar surface area (TPSA) is 35.5 Å². The molecule has 0 unspecified atom stereocenters. The maximum atomic E-state index is 14.1. The zero-order valence-corrected chi connectivity index (χ0v) is 16.5. The Morgan fingerprint density at radius 2 is 1.55 bits per heavy atom. The molecule has 0 N–H and O–H groups in total. The highest BCUT2D eigenvalue weighted by Gasteiger charge is 2.21. The van der Waals surface area contributed by atoms with Crippen LogP contribution in [0.1, 0.15) is 0 Å². The minimum absolute atomic E-state index is 0.437. The molecule has 0 bridgehead atoms. The SMILES string of the molecule is CN(C)c1ccc(-c2cncc(N3CCN(c4ccc(F)cc4F)CC3)n2)cc1. The number of aromatic nitrogens is 2. The van der Waals surface area contributed by atoms with Crippen LogP contribution in [0.4, 0.5) is 26.0 Å². The van der Waals surface area contributed by atoms with Crippen molar-refractivity contribution >= 4 is 17.2 Å². The zero-order valence-electron chi connectivity index (χ0n) is 16.5. The normalized spacial score (nSPS) is 14.2. The van der Waals surface area contributed by atoms with Gasteiger partial charge >= 0.3 is 0 Å². The smallest absolute Gasteiger partial charge is 0.149 e. The van der Waals surface area contributed by atoms with E-state index in [9.17, 15) is 8.78 Å². The van der Waals surface area contributed by atoms with Gasteiger partial charge in [0.2, 0.25) is 0 Å². The summed E-state index contributed by atoms with van der Waals surface area (Å²) in [5, 5.41) is 0. The van der Waals surface area contributed by atoms with Gasteiger partial charge in [0.25, 0.3) is 0 Å². The van der Waals surface area contributed by atoms with Crippen LogP contribution in [-0.2, 0) is 0 Å². The van der Waals surface area contributed by atoms with Crippen molar-refractivity contribution in [3.8, 4) is 11.3 Å². The van der Waals surface area contributed by atoms with E-state index in [0.29, 0.717) is 31.9 Å². The molecule has 0 atom stereocenters. The highest BCUT2D eigenvalue weighted by Crippen LogP contribution is 2.25. The van der Waals surface area contributed by atoms with E-state index in [0.717, 1.165) is 28.8 Å². The van der Waals surface area contributed by atoms with E-state index in [1.807, 2.05) is 31.1 Å². The molecular weight excluding hydrogens is 372 g/mol. The lowest BCUT2D eigenvalue weighted by molar-refractivity contribution is 0.570. The Morgan fingerprint density at radius 1 is 0.862 bits per heavy atom. The van der Waals surface area contributed by atoms with Crippen LogP contribution in [0.5, 0.6) is 0 Å².